The van der Waals surface area contributed by atoms with Crippen molar-refractivity contribution in [3.8, 4) is 0 Å². The largest absolute Gasteiger partial charge is 0.293 e. The minimum Gasteiger partial charge on any atom is -0.293 e. The van der Waals surface area contributed by atoms with Crippen molar-refractivity contribution in [3.05, 3.63) is 39.6 Å². The molecule has 0 saturated heterocycles. The van der Waals surface area contributed by atoms with Gasteiger partial charge in [-0.2, -0.15) is 4.37 Å². The molecule has 0 aliphatic rings. The smallest absolute Gasteiger partial charge is 0.173 e. The van der Waals surface area contributed by atoms with Crippen LogP contribution in [0, 0.1) is 6.92 Å². The number of Topliss-reactive ketones (excluding diaryl/α,β-unsaturated/α-hetero) is 1. The first-order valence-electron chi connectivity index (χ1n) is 4.97. The molecule has 0 radical (unpaired) electrons. The number of rotatable bonds is 4. The third-order valence-corrected chi connectivity index (χ3v) is 4.74. The van der Waals surface area contributed by atoms with Crippen LogP contribution < -0.4 is 0 Å². The summed E-state index contributed by atoms with van der Waals surface area (Å²) in [5, 5.41) is 0.833. The summed E-state index contributed by atoms with van der Waals surface area (Å²) < 4.78 is 4.85. The highest BCUT2D eigenvalue weighted by Gasteiger charge is 2.10. The monoisotopic (exact) mass is 318 g/mol. The highest BCUT2D eigenvalue weighted by Crippen LogP contribution is 2.25. The molecular weight excluding hydrogens is 311 g/mol. The second kappa shape index (κ2) is 6.02. The number of aryl methyl sites for hydroxylation is 1. The molecule has 18 heavy (non-hydrogen) atoms. The van der Waals surface area contributed by atoms with Crippen molar-refractivity contribution in [1.82, 2.24) is 9.36 Å². The molecule has 2 rings (SSSR count). The molecule has 1 aromatic carbocycles. The van der Waals surface area contributed by atoms with Gasteiger partial charge in [-0.25, -0.2) is 4.98 Å². The number of thioether (sulfide) groups is 1. The van der Waals surface area contributed by atoms with Crippen LogP contribution in [-0.2, 0) is 0 Å². The Balaban J connectivity index is 2.01. The second-order valence-corrected chi connectivity index (χ2v) is 6.24. The maximum atomic E-state index is 11.9. The van der Waals surface area contributed by atoms with Crippen LogP contribution in [0.15, 0.2) is 22.5 Å². The fourth-order valence-corrected chi connectivity index (χ4v) is 3.06. The molecule has 0 amide bonds. The van der Waals surface area contributed by atoms with Crippen LogP contribution in [0.5, 0.6) is 0 Å². The van der Waals surface area contributed by atoms with E-state index >= 15 is 0 Å². The van der Waals surface area contributed by atoms with Crippen LogP contribution in [-0.4, -0.2) is 20.9 Å². The van der Waals surface area contributed by atoms with Crippen molar-refractivity contribution in [2.24, 2.45) is 0 Å². The van der Waals surface area contributed by atoms with Crippen LogP contribution in [0.25, 0.3) is 0 Å². The molecular formula is C11H8Cl2N2OS2. The lowest BCUT2D eigenvalue weighted by molar-refractivity contribution is 0.102. The van der Waals surface area contributed by atoms with Gasteiger partial charge < -0.3 is 0 Å². The molecule has 94 valence electrons. The molecule has 2 aromatic rings. The van der Waals surface area contributed by atoms with E-state index in [4.69, 9.17) is 23.2 Å². The van der Waals surface area contributed by atoms with Crippen molar-refractivity contribution in [1.29, 1.82) is 0 Å². The van der Waals surface area contributed by atoms with Crippen molar-refractivity contribution in [3.63, 3.8) is 0 Å². The van der Waals surface area contributed by atoms with Crippen LogP contribution in [0.4, 0.5) is 0 Å². The summed E-state index contributed by atoms with van der Waals surface area (Å²) in [6, 6.07) is 4.87. The van der Waals surface area contributed by atoms with E-state index in [0.29, 0.717) is 21.4 Å². The summed E-state index contributed by atoms with van der Waals surface area (Å²) in [7, 11) is 0. The quantitative estimate of drug-likeness (QED) is 0.628. The summed E-state index contributed by atoms with van der Waals surface area (Å²) in [5.41, 5.74) is 0.554. The number of aromatic nitrogens is 2. The predicted octanol–water partition coefficient (Wildman–Crippen LogP) is 4.13. The van der Waals surface area contributed by atoms with E-state index in [-0.39, 0.29) is 5.78 Å². The summed E-state index contributed by atoms with van der Waals surface area (Å²) in [6.07, 6.45) is 0. The zero-order valence-electron chi connectivity index (χ0n) is 9.31. The maximum Gasteiger partial charge on any atom is 0.173 e. The molecule has 0 aliphatic heterocycles. The Morgan fingerprint density at radius 3 is 2.78 bits per heavy atom. The van der Waals surface area contributed by atoms with Gasteiger partial charge >= 0.3 is 0 Å². The average molecular weight is 319 g/mol. The Hall–Kier alpha value is -0.620. The van der Waals surface area contributed by atoms with Gasteiger partial charge in [0.1, 0.15) is 5.82 Å². The fourth-order valence-electron chi connectivity index (χ4n) is 1.22. The number of ketones is 1. The number of benzene rings is 1. The minimum atomic E-state index is -0.00794. The van der Waals surface area contributed by atoms with Crippen LogP contribution >= 0.6 is 46.5 Å². The zero-order chi connectivity index (χ0) is 13.1. The van der Waals surface area contributed by atoms with E-state index in [2.05, 4.69) is 9.36 Å². The standard InChI is InChI=1S/C11H8Cl2N2OS2/c1-6-14-11(18-15-6)17-5-10(16)7-2-3-8(12)9(13)4-7/h2-4H,5H2,1H3. The summed E-state index contributed by atoms with van der Waals surface area (Å²) >= 11 is 14.3. The first-order valence-corrected chi connectivity index (χ1v) is 7.49. The van der Waals surface area contributed by atoms with Gasteiger partial charge in [-0.3, -0.25) is 4.79 Å². The topological polar surface area (TPSA) is 42.9 Å². The molecule has 0 unspecified atom stereocenters. The lowest BCUT2D eigenvalue weighted by Gasteiger charge is -2.01. The van der Waals surface area contributed by atoms with E-state index < -0.39 is 0 Å². The second-order valence-electron chi connectivity index (χ2n) is 3.45. The van der Waals surface area contributed by atoms with Crippen LogP contribution in [0.2, 0.25) is 10.0 Å². The van der Waals surface area contributed by atoms with Gasteiger partial charge in [-0.15, -0.1) is 0 Å². The minimum absolute atomic E-state index is 0.00794. The molecule has 0 N–H and O–H groups in total. The first-order chi connectivity index (χ1) is 8.56. The van der Waals surface area contributed by atoms with E-state index in [9.17, 15) is 4.79 Å². The molecule has 0 aliphatic carbocycles. The Kier molecular flexibility index (Phi) is 4.61. The molecule has 3 nitrogen and oxygen atoms in total. The molecule has 7 heteroatoms. The van der Waals surface area contributed by atoms with Crippen molar-refractivity contribution < 1.29 is 4.79 Å². The number of nitrogens with zero attached hydrogens (tertiary/aromatic N) is 2. The van der Waals surface area contributed by atoms with E-state index in [0.717, 1.165) is 10.2 Å². The lowest BCUT2D eigenvalue weighted by atomic mass is 10.1. The lowest BCUT2D eigenvalue weighted by Crippen LogP contribution is -2.02. The molecule has 0 spiro atoms. The fraction of sp³-hybridized carbons (Fsp3) is 0.182. The molecule has 0 saturated carbocycles. The van der Waals surface area contributed by atoms with E-state index in [1.54, 1.807) is 18.2 Å². The number of hydrogen-bond donors (Lipinski definition) is 0. The van der Waals surface area contributed by atoms with Crippen molar-refractivity contribution >= 4 is 52.3 Å². The summed E-state index contributed by atoms with van der Waals surface area (Å²) in [5.74, 6) is 1.03. The first kappa shape index (κ1) is 13.8. The number of hydrogen-bond acceptors (Lipinski definition) is 5. The van der Waals surface area contributed by atoms with Gasteiger partial charge in [-0.05, 0) is 36.7 Å². The average Bonchev–Trinajstić information content (AvgIpc) is 2.75. The van der Waals surface area contributed by atoms with Gasteiger partial charge in [0.25, 0.3) is 0 Å². The molecule has 0 bridgehead atoms. The normalized spacial score (nSPS) is 10.6. The predicted molar refractivity (Wildman–Crippen MR) is 76.2 cm³/mol. The summed E-state index contributed by atoms with van der Waals surface area (Å²) in [4.78, 5) is 16.1. The summed E-state index contributed by atoms with van der Waals surface area (Å²) in [6.45, 7) is 1.82. The highest BCUT2D eigenvalue weighted by atomic mass is 35.5. The number of halogens is 2. The van der Waals surface area contributed by atoms with Gasteiger partial charge in [0.2, 0.25) is 0 Å². The van der Waals surface area contributed by atoms with Crippen molar-refractivity contribution in [2.45, 2.75) is 11.3 Å². The third kappa shape index (κ3) is 3.45. The van der Waals surface area contributed by atoms with Crippen LogP contribution in [0.1, 0.15) is 16.2 Å². The Labute approximate surface area is 123 Å². The van der Waals surface area contributed by atoms with Gasteiger partial charge in [0, 0.05) is 5.56 Å². The maximum absolute atomic E-state index is 11.9. The Bertz CT molecular complexity index is 586. The highest BCUT2D eigenvalue weighted by molar-refractivity contribution is 8.01. The molecule has 0 fully saturated rings. The zero-order valence-corrected chi connectivity index (χ0v) is 12.5. The van der Waals surface area contributed by atoms with E-state index in [1.165, 1.54) is 23.3 Å². The Morgan fingerprint density at radius 2 is 2.17 bits per heavy atom. The SMILES string of the molecule is Cc1nsc(SCC(=O)c2ccc(Cl)c(Cl)c2)n1. The van der Waals surface area contributed by atoms with Gasteiger partial charge in [-0.1, -0.05) is 35.0 Å². The Morgan fingerprint density at radius 1 is 1.39 bits per heavy atom. The van der Waals surface area contributed by atoms with Crippen molar-refractivity contribution in [2.75, 3.05) is 5.75 Å². The number of carbonyl (C=O) groups is 1. The third-order valence-electron chi connectivity index (χ3n) is 2.08. The molecule has 1 heterocycles. The molecule has 1 aromatic heterocycles. The van der Waals surface area contributed by atoms with Gasteiger partial charge in [0.05, 0.1) is 15.8 Å². The molecule has 0 atom stereocenters. The van der Waals surface area contributed by atoms with E-state index in [1.807, 2.05) is 6.92 Å². The number of carbonyl (C=O) groups excluding carboxylic acids is 1. The van der Waals surface area contributed by atoms with Gasteiger partial charge in [0.15, 0.2) is 10.1 Å². The van der Waals surface area contributed by atoms with Crippen LogP contribution in [0.3, 0.4) is 0 Å².